The fourth-order valence-corrected chi connectivity index (χ4v) is 16.4. The summed E-state index contributed by atoms with van der Waals surface area (Å²) < 4.78 is 96.1. The van der Waals surface area contributed by atoms with Gasteiger partial charge in [-0.05, 0) is 179 Å². The van der Waals surface area contributed by atoms with E-state index in [9.17, 15) is 54.3 Å². The van der Waals surface area contributed by atoms with E-state index in [1.165, 1.54) is 9.80 Å². The van der Waals surface area contributed by atoms with Crippen LogP contribution in [0.5, 0.6) is 0 Å². The summed E-state index contributed by atoms with van der Waals surface area (Å²) in [6.07, 6.45) is -0.356. The number of hydrogen-bond acceptors (Lipinski definition) is 16. The van der Waals surface area contributed by atoms with Gasteiger partial charge in [-0.3, -0.25) is 29.2 Å². The van der Waals surface area contributed by atoms with E-state index < -0.39 is 26.7 Å². The van der Waals surface area contributed by atoms with E-state index in [1.807, 2.05) is 48.5 Å². The number of carbonyl (C=O) groups is 2. The molecule has 738 valence electrons. The van der Waals surface area contributed by atoms with Crippen molar-refractivity contribution in [3.63, 3.8) is 0 Å². The van der Waals surface area contributed by atoms with Gasteiger partial charge in [0.25, 0.3) is 0 Å². The number of nitrogens with zero attached hydrogens (tertiary/aromatic N) is 22. The third-order valence-corrected chi connectivity index (χ3v) is 21.6. The Morgan fingerprint density at radius 2 is 0.372 bits per heavy atom. The molecule has 31 nitrogen and oxygen atoms in total. The van der Waals surface area contributed by atoms with Gasteiger partial charge < -0.3 is 118 Å². The number of amides is 2. The molecular weight excluding hydrogens is 1950 g/mol. The first-order valence-electron chi connectivity index (χ1n) is 43.2. The molecule has 0 unspecified atom stereocenters. The second-order valence-corrected chi connectivity index (χ2v) is 31.1. The van der Waals surface area contributed by atoms with Crippen LogP contribution in [0, 0.1) is 0 Å². The summed E-state index contributed by atoms with van der Waals surface area (Å²) in [5.74, 6) is 7.63. The molecule has 0 saturated heterocycles. The molecule has 16 aromatic rings. The van der Waals surface area contributed by atoms with Crippen LogP contribution in [-0.4, -0.2) is 200 Å². The van der Waals surface area contributed by atoms with E-state index in [-0.39, 0.29) is 95.7 Å². The third kappa shape index (κ3) is 32.9. The Balaban J connectivity index is 0.000000732. The average molecular weight is 2070 g/mol. The van der Waals surface area contributed by atoms with Gasteiger partial charge in [0.05, 0.1) is 141 Å². The van der Waals surface area contributed by atoms with Crippen LogP contribution in [0.2, 0.25) is 0 Å². The van der Waals surface area contributed by atoms with Crippen LogP contribution in [0.15, 0.2) is 194 Å². The molecule has 16 rings (SSSR count). The smallest absolute Gasteiger partial charge is 2.00 e. The standard InChI is InChI=1S/2C43H49N10O.2C3H7NO.2BF4.4Fe.2H2O.3O/c2*1-5-50-36-21-13-9-17-32(36)44-40(50)27-48(28-41-45-33-18-10-14-22-37(33)51(41)6-2)25-31(54)26-49(29-42-46-34-19-11-15-23-38(34)52(42)7-3)30-43-47-35-20-12-16-24-39(35)53(43)8-4;2*1-4(2)3-5;2*2-1(3,4)5;;;;;;;;;/h2*9-24,31H,5-8,25-30H2,1-4H3;2*3H,1-2H3;;;;;;;2*1H2;;;/q2*-1;;;2*-1;2*+3;2*+4;;;3*-2/p+2. The van der Waals surface area contributed by atoms with Crippen LogP contribution in [0.4, 0.5) is 34.5 Å². The zero-order chi connectivity index (χ0) is 91.9. The van der Waals surface area contributed by atoms with Crippen molar-refractivity contribution in [2.75, 3.05) is 54.4 Å². The molecule has 45 heteroatoms. The molecule has 0 saturated carbocycles. The van der Waals surface area contributed by atoms with Crippen molar-refractivity contribution in [1.82, 2.24) is 106 Å². The molecule has 0 bridgehead atoms. The van der Waals surface area contributed by atoms with E-state index in [2.05, 4.69) is 257 Å². The monoisotopic (exact) mass is 2070 g/mol. The van der Waals surface area contributed by atoms with Crippen molar-refractivity contribution in [1.29, 1.82) is 0 Å². The molecule has 0 aliphatic rings. The third-order valence-electron chi connectivity index (χ3n) is 21.6. The number of carbonyl (C=O) groups excluding carboxylic acids is 2. The van der Waals surface area contributed by atoms with Gasteiger partial charge in [0, 0.05) is 80.5 Å². The predicted octanol–water partition coefficient (Wildman–Crippen LogP) is 13.0. The van der Waals surface area contributed by atoms with Gasteiger partial charge in [-0.25, -0.2) is 39.9 Å². The average Bonchev–Trinajstić information content (AvgIpc) is 1.64. The van der Waals surface area contributed by atoms with Gasteiger partial charge in [0.1, 0.15) is 46.6 Å². The Bertz CT molecular complexity index is 5250. The fraction of sp³-hybridized carbons (Fsp3) is 0.370. The van der Waals surface area contributed by atoms with Crippen LogP contribution in [0.1, 0.15) is 102 Å². The Morgan fingerprint density at radius 3 is 0.467 bits per heavy atom. The van der Waals surface area contributed by atoms with Crippen LogP contribution in [0.25, 0.3) is 88.3 Å². The number of hydrogen-bond donors (Lipinski definition) is 0. The zero-order valence-electron chi connectivity index (χ0n) is 78.4. The molecule has 8 aromatic carbocycles. The summed E-state index contributed by atoms with van der Waals surface area (Å²) >= 11 is 0. The molecule has 137 heavy (non-hydrogen) atoms. The summed E-state index contributed by atoms with van der Waals surface area (Å²) in [5, 5.41) is 29.2. The second kappa shape index (κ2) is 57.9. The summed E-state index contributed by atoms with van der Waals surface area (Å²) in [7, 11) is -5.25. The fourth-order valence-electron chi connectivity index (χ4n) is 16.4. The van der Waals surface area contributed by atoms with Crippen molar-refractivity contribution in [2.45, 2.75) is 172 Å². The van der Waals surface area contributed by atoms with Crippen molar-refractivity contribution >= 4 is 116 Å². The molecule has 6 N–H and O–H groups in total. The molecule has 2 amide bonds. The van der Waals surface area contributed by atoms with E-state index in [0.29, 0.717) is 78.5 Å². The first kappa shape index (κ1) is 123. The normalized spacial score (nSPS) is 11.1. The number of benzene rings is 8. The zero-order valence-corrected chi connectivity index (χ0v) is 82.8. The molecule has 2 radical (unpaired) electrons. The van der Waals surface area contributed by atoms with Crippen molar-refractivity contribution in [3.05, 3.63) is 241 Å². The van der Waals surface area contributed by atoms with Crippen molar-refractivity contribution in [2.24, 2.45) is 0 Å². The molecule has 8 aromatic heterocycles. The van der Waals surface area contributed by atoms with Crippen LogP contribution >= 0.6 is 0 Å². The predicted molar refractivity (Wildman–Crippen MR) is 499 cm³/mol. The molecule has 0 aliphatic carbocycles. The van der Waals surface area contributed by atoms with E-state index in [4.69, 9.17) is 39.9 Å². The summed E-state index contributed by atoms with van der Waals surface area (Å²) in [6, 6.07) is 66.2. The number of fused-ring (bicyclic) bond motifs is 8. The van der Waals surface area contributed by atoms with E-state index in [1.54, 1.807) is 28.2 Å². The van der Waals surface area contributed by atoms with Gasteiger partial charge in [-0.1, -0.05) is 97.1 Å². The number of rotatable bonds is 34. The molecule has 0 fully saturated rings. The van der Waals surface area contributed by atoms with Gasteiger partial charge in [0.2, 0.25) is 12.8 Å². The number of halogens is 8. The largest absolute Gasteiger partial charge is 4.00 e. The van der Waals surface area contributed by atoms with Crippen molar-refractivity contribution in [3.8, 4) is 0 Å². The minimum absolute atomic E-state index is 0. The first-order chi connectivity index (χ1) is 61.5. The minimum Gasteiger partial charge on any atom is -2.00 e. The van der Waals surface area contributed by atoms with Gasteiger partial charge in [0.15, 0.2) is 0 Å². The number of aromatic nitrogens is 16. The number of para-hydroxylation sites is 16. The molecule has 0 aliphatic heterocycles. The maximum Gasteiger partial charge on any atom is 4.00 e. The Labute approximate surface area is 833 Å². The van der Waals surface area contributed by atoms with E-state index >= 15 is 0 Å². The number of aryl methyl sites for hydroxylation is 8. The van der Waals surface area contributed by atoms with Crippen molar-refractivity contribution < 1.29 is 150 Å². The first-order valence-corrected chi connectivity index (χ1v) is 43.2. The minimum atomic E-state index is -6.00. The molecular formula is C92H118B2F8Fe4N22O9+6. The summed E-state index contributed by atoms with van der Waals surface area (Å²) in [5.41, 5.74) is 16.6. The number of imidazole rings is 8. The summed E-state index contributed by atoms with van der Waals surface area (Å²) in [6.45, 7) is 29.1. The van der Waals surface area contributed by atoms with Gasteiger partial charge >= 0.3 is 82.8 Å². The van der Waals surface area contributed by atoms with Gasteiger partial charge in [-0.2, -0.15) is 0 Å². The Morgan fingerprint density at radius 1 is 0.270 bits per heavy atom. The van der Waals surface area contributed by atoms with E-state index in [0.717, 1.165) is 200 Å². The molecule has 0 spiro atoms. The van der Waals surface area contributed by atoms with Gasteiger partial charge in [-0.15, -0.1) is 12.2 Å². The molecule has 8 heterocycles. The Kier molecular flexibility index (Phi) is 51.9. The Hall–Kier alpha value is -10.3. The SMILES string of the molecule is CCn1c(CN(Cc2nc3ccccc3n2CC)CC([O-])CN(Cc2nc3ccccc3n2CC)Cc2nc3ccccc3n2CC)nc2ccccc21.CCn1c(CN(Cc2nc3ccccc3n2CC)CC([O-])CN(Cc2nc3ccccc3n2CC)Cc2nc3ccccc3n2CC)nc2ccccc21.CN(C)C=O.CN(C)C=O.F[B-](F)(F)F.F[B-](F)(F)F.[Fe+3].[Fe+3].[Fe+4].[Fe+4].[O-2].[O-2].[O-2].[OH3+].[OH3+]. The second-order valence-electron chi connectivity index (χ2n) is 31.1. The topological polar surface area (TPSA) is 394 Å². The van der Waals surface area contributed by atoms with Crippen LogP contribution in [0.3, 0.4) is 0 Å². The summed E-state index contributed by atoms with van der Waals surface area (Å²) in [4.78, 5) is 71.3. The maximum absolute atomic E-state index is 14.6. The van der Waals surface area contributed by atoms with Crippen LogP contribution in [-0.2, 0) is 210 Å². The molecule has 0 atom stereocenters. The quantitative estimate of drug-likeness (QED) is 0.0156. The van der Waals surface area contributed by atoms with Crippen LogP contribution < -0.4 is 10.2 Å². The maximum atomic E-state index is 14.6.